The van der Waals surface area contributed by atoms with E-state index in [0.29, 0.717) is 11.5 Å². The van der Waals surface area contributed by atoms with Gasteiger partial charge in [0.25, 0.3) is 0 Å². The first-order valence-corrected chi connectivity index (χ1v) is 7.56. The molecule has 2 N–H and O–H groups in total. The van der Waals surface area contributed by atoms with Crippen LogP contribution in [0.25, 0.3) is 0 Å². The van der Waals surface area contributed by atoms with Gasteiger partial charge in [-0.25, -0.2) is 13.2 Å². The summed E-state index contributed by atoms with van der Waals surface area (Å²) >= 11 is 0. The zero-order valence-corrected chi connectivity index (χ0v) is 13.0. The van der Waals surface area contributed by atoms with Crippen molar-refractivity contribution < 1.29 is 13.2 Å². The molecule has 0 aliphatic carbocycles. The first kappa shape index (κ1) is 18.0. The van der Waals surface area contributed by atoms with E-state index in [1.807, 2.05) is 6.92 Å². The van der Waals surface area contributed by atoms with Crippen molar-refractivity contribution in [2.45, 2.75) is 39.7 Å². The molecule has 0 bridgehead atoms. The van der Waals surface area contributed by atoms with Crippen LogP contribution in [0.1, 0.15) is 45.2 Å². The number of nitrogens with two attached hydrogens (primary N) is 1. The van der Waals surface area contributed by atoms with E-state index < -0.39 is 17.5 Å². The molecule has 1 unspecified atom stereocenters. The van der Waals surface area contributed by atoms with Crippen LogP contribution in [-0.4, -0.2) is 24.5 Å². The first-order valence-electron chi connectivity index (χ1n) is 7.56. The highest BCUT2D eigenvalue weighted by molar-refractivity contribution is 5.23. The average molecular weight is 302 g/mol. The molecule has 0 fully saturated rings. The molecule has 1 aromatic rings. The van der Waals surface area contributed by atoms with E-state index in [2.05, 4.69) is 18.7 Å². The minimum absolute atomic E-state index is 0.235. The fourth-order valence-corrected chi connectivity index (χ4v) is 2.62. The smallest absolute Gasteiger partial charge is 0.194 e. The zero-order chi connectivity index (χ0) is 16.0. The Morgan fingerprint density at radius 1 is 1.05 bits per heavy atom. The Labute approximate surface area is 125 Å². The molecule has 0 amide bonds. The van der Waals surface area contributed by atoms with Crippen molar-refractivity contribution in [1.29, 1.82) is 0 Å². The Bertz CT molecular complexity index is 424. The highest BCUT2D eigenvalue weighted by Gasteiger charge is 2.23. The molecule has 5 heteroatoms. The van der Waals surface area contributed by atoms with E-state index in [1.165, 1.54) is 0 Å². The summed E-state index contributed by atoms with van der Waals surface area (Å²) in [7, 11) is 0. The third-order valence-corrected chi connectivity index (χ3v) is 4.11. The Hall–Kier alpha value is -1.07. The third-order valence-electron chi connectivity index (χ3n) is 4.11. The molecule has 1 atom stereocenters. The van der Waals surface area contributed by atoms with E-state index >= 15 is 0 Å². The van der Waals surface area contributed by atoms with Gasteiger partial charge in [0.1, 0.15) is 0 Å². The van der Waals surface area contributed by atoms with Gasteiger partial charge in [0.15, 0.2) is 17.5 Å². The lowest BCUT2D eigenvalue weighted by Crippen LogP contribution is -2.37. The summed E-state index contributed by atoms with van der Waals surface area (Å²) in [5.74, 6) is -3.25. The van der Waals surface area contributed by atoms with Gasteiger partial charge in [-0.05, 0) is 30.2 Å². The van der Waals surface area contributed by atoms with Crippen LogP contribution in [0.4, 0.5) is 13.2 Å². The molecular weight excluding hydrogens is 277 g/mol. The van der Waals surface area contributed by atoms with Crippen LogP contribution in [0, 0.1) is 23.4 Å². The van der Waals surface area contributed by atoms with Gasteiger partial charge in [0.05, 0.1) is 0 Å². The number of nitrogens with zero attached hydrogens (tertiary/aromatic N) is 1. The van der Waals surface area contributed by atoms with Crippen molar-refractivity contribution >= 4 is 0 Å². The molecule has 0 aliphatic heterocycles. The molecular formula is C16H25F3N2. The summed E-state index contributed by atoms with van der Waals surface area (Å²) in [6.45, 7) is 8.00. The summed E-state index contributed by atoms with van der Waals surface area (Å²) < 4.78 is 39.9. The fraction of sp³-hybridized carbons (Fsp3) is 0.625. The molecule has 0 radical (unpaired) electrons. The lowest BCUT2D eigenvalue weighted by atomic mass is 9.99. The fourth-order valence-electron chi connectivity index (χ4n) is 2.62. The maximum Gasteiger partial charge on any atom is 0.194 e. The van der Waals surface area contributed by atoms with Crippen LogP contribution in [-0.2, 0) is 0 Å². The van der Waals surface area contributed by atoms with Gasteiger partial charge in [0.2, 0.25) is 0 Å². The topological polar surface area (TPSA) is 29.3 Å². The summed E-state index contributed by atoms with van der Waals surface area (Å²) in [5, 5.41) is 0. The van der Waals surface area contributed by atoms with E-state index in [9.17, 15) is 13.2 Å². The maximum atomic E-state index is 13.4. The first-order chi connectivity index (χ1) is 9.98. The quantitative estimate of drug-likeness (QED) is 0.739. The monoisotopic (exact) mass is 302 g/mol. The van der Waals surface area contributed by atoms with E-state index in [0.717, 1.165) is 38.1 Å². The molecule has 0 aliphatic rings. The van der Waals surface area contributed by atoms with Gasteiger partial charge >= 0.3 is 0 Å². The van der Waals surface area contributed by atoms with Gasteiger partial charge in [-0.2, -0.15) is 0 Å². The molecule has 0 saturated carbocycles. The molecule has 120 valence electrons. The van der Waals surface area contributed by atoms with Crippen molar-refractivity contribution in [2.24, 2.45) is 11.7 Å². The van der Waals surface area contributed by atoms with Gasteiger partial charge in [-0.3, -0.25) is 4.90 Å². The SMILES string of the molecule is CCC(CC)CN(CC)C(CN)c1cc(F)c(F)c(F)c1. The number of benzene rings is 1. The molecule has 2 nitrogen and oxygen atoms in total. The van der Waals surface area contributed by atoms with Gasteiger partial charge in [0, 0.05) is 19.1 Å². The summed E-state index contributed by atoms with van der Waals surface area (Å²) in [4.78, 5) is 2.10. The van der Waals surface area contributed by atoms with Crippen molar-refractivity contribution in [3.05, 3.63) is 35.1 Å². The lowest BCUT2D eigenvalue weighted by molar-refractivity contribution is 0.173. The summed E-state index contributed by atoms with van der Waals surface area (Å²) in [6.07, 6.45) is 2.08. The Balaban J connectivity index is 3.04. The van der Waals surface area contributed by atoms with Crippen molar-refractivity contribution in [3.8, 4) is 0 Å². The van der Waals surface area contributed by atoms with Gasteiger partial charge in [-0.15, -0.1) is 0 Å². The number of likely N-dealkylation sites (N-methyl/N-ethyl adjacent to an activating group) is 1. The van der Waals surface area contributed by atoms with Crippen LogP contribution in [0.2, 0.25) is 0 Å². The number of hydrogen-bond donors (Lipinski definition) is 1. The molecule has 0 spiro atoms. The van der Waals surface area contributed by atoms with Crippen LogP contribution in [0.3, 0.4) is 0 Å². The average Bonchev–Trinajstić information content (AvgIpc) is 2.48. The van der Waals surface area contributed by atoms with E-state index in [-0.39, 0.29) is 12.6 Å². The van der Waals surface area contributed by atoms with Crippen molar-refractivity contribution in [3.63, 3.8) is 0 Å². The molecule has 0 aromatic heterocycles. The number of hydrogen-bond acceptors (Lipinski definition) is 2. The Morgan fingerprint density at radius 3 is 1.95 bits per heavy atom. The minimum atomic E-state index is -1.43. The van der Waals surface area contributed by atoms with Crippen molar-refractivity contribution in [1.82, 2.24) is 4.90 Å². The van der Waals surface area contributed by atoms with E-state index in [1.54, 1.807) is 0 Å². The highest BCUT2D eigenvalue weighted by Crippen LogP contribution is 2.25. The standard InChI is InChI=1S/C16H25F3N2/c1-4-11(5-2)10-21(6-3)15(9-20)12-7-13(17)16(19)14(18)8-12/h7-8,11,15H,4-6,9-10,20H2,1-3H3. The third kappa shape index (κ3) is 4.45. The molecule has 0 saturated heterocycles. The second kappa shape index (κ2) is 8.39. The second-order valence-electron chi connectivity index (χ2n) is 5.32. The van der Waals surface area contributed by atoms with Gasteiger partial charge in [-0.1, -0.05) is 33.6 Å². The summed E-state index contributed by atoms with van der Waals surface area (Å²) in [6, 6.07) is 1.79. The summed E-state index contributed by atoms with van der Waals surface area (Å²) in [5.41, 5.74) is 6.19. The Kier molecular flexibility index (Phi) is 7.18. The lowest BCUT2D eigenvalue weighted by Gasteiger charge is -2.33. The predicted molar refractivity (Wildman–Crippen MR) is 79.4 cm³/mol. The molecule has 0 heterocycles. The zero-order valence-electron chi connectivity index (χ0n) is 13.0. The van der Waals surface area contributed by atoms with Crippen LogP contribution in [0.5, 0.6) is 0 Å². The maximum absolute atomic E-state index is 13.4. The largest absolute Gasteiger partial charge is 0.329 e. The predicted octanol–water partition coefficient (Wildman–Crippen LogP) is 3.86. The molecule has 21 heavy (non-hydrogen) atoms. The van der Waals surface area contributed by atoms with Crippen molar-refractivity contribution in [2.75, 3.05) is 19.6 Å². The molecule has 1 aromatic carbocycles. The normalized spacial score (nSPS) is 13.2. The minimum Gasteiger partial charge on any atom is -0.329 e. The molecule has 1 rings (SSSR count). The van der Waals surface area contributed by atoms with Crippen LogP contribution < -0.4 is 5.73 Å². The van der Waals surface area contributed by atoms with Gasteiger partial charge < -0.3 is 5.73 Å². The second-order valence-corrected chi connectivity index (χ2v) is 5.32. The highest BCUT2D eigenvalue weighted by atomic mass is 19.2. The Morgan fingerprint density at radius 2 is 1.57 bits per heavy atom. The van der Waals surface area contributed by atoms with Crippen LogP contribution >= 0.6 is 0 Å². The number of halogens is 3. The van der Waals surface area contributed by atoms with E-state index in [4.69, 9.17) is 5.73 Å². The van der Waals surface area contributed by atoms with Crippen LogP contribution in [0.15, 0.2) is 12.1 Å². The number of rotatable bonds is 8.